The largest absolute Gasteiger partial charge is 0.443 e. The summed E-state index contributed by atoms with van der Waals surface area (Å²) in [6.07, 6.45) is 2.96. The summed E-state index contributed by atoms with van der Waals surface area (Å²) in [5.74, 6) is -0.971. The Bertz CT molecular complexity index is 740. The third kappa shape index (κ3) is 4.95. The summed E-state index contributed by atoms with van der Waals surface area (Å²) in [6, 6.07) is 2.63. The number of hydrogen-bond acceptors (Lipinski definition) is 6. The fourth-order valence-electron chi connectivity index (χ4n) is 2.23. The normalized spacial score (nSPS) is 16.8. The standard InChI is InChI=1S/C18H22FN3O4/c1-5-25-15-9-7-13(10-20-15)22(17(24)26-18(2,3)4)14-8-6-12(11-23)16(19)21-14/h6-8,10-11,15H,5,9H2,1-4H3. The second-order valence-corrected chi connectivity index (χ2v) is 6.54. The number of aliphatic imine (C=N–C) groups is 1. The van der Waals surface area contributed by atoms with Crippen LogP contribution in [0.25, 0.3) is 0 Å². The van der Waals surface area contributed by atoms with Crippen LogP contribution in [0, 0.1) is 5.95 Å². The number of halogens is 1. The van der Waals surface area contributed by atoms with Gasteiger partial charge >= 0.3 is 6.09 Å². The molecular weight excluding hydrogens is 341 g/mol. The molecule has 0 spiro atoms. The first-order chi connectivity index (χ1) is 12.2. The fourth-order valence-corrected chi connectivity index (χ4v) is 2.23. The van der Waals surface area contributed by atoms with Gasteiger partial charge in [-0.3, -0.25) is 9.79 Å². The minimum Gasteiger partial charge on any atom is -0.443 e. The minimum atomic E-state index is -0.966. The summed E-state index contributed by atoms with van der Waals surface area (Å²) < 4.78 is 24.8. The first-order valence-electron chi connectivity index (χ1n) is 8.25. The van der Waals surface area contributed by atoms with E-state index in [4.69, 9.17) is 9.47 Å². The van der Waals surface area contributed by atoms with Crippen LogP contribution in [-0.4, -0.2) is 42.0 Å². The van der Waals surface area contributed by atoms with Crippen molar-refractivity contribution in [3.8, 4) is 0 Å². The number of pyridine rings is 1. The number of carbonyl (C=O) groups is 2. The van der Waals surface area contributed by atoms with Crippen molar-refractivity contribution in [2.75, 3.05) is 11.5 Å². The smallest absolute Gasteiger partial charge is 0.420 e. The van der Waals surface area contributed by atoms with Gasteiger partial charge in [0, 0.05) is 19.2 Å². The molecule has 0 saturated carbocycles. The molecule has 1 amide bonds. The van der Waals surface area contributed by atoms with Crippen LogP contribution < -0.4 is 4.90 Å². The van der Waals surface area contributed by atoms with Crippen LogP contribution in [0.2, 0.25) is 0 Å². The van der Waals surface area contributed by atoms with Gasteiger partial charge in [-0.1, -0.05) is 6.08 Å². The molecule has 2 heterocycles. The summed E-state index contributed by atoms with van der Waals surface area (Å²) in [6.45, 7) is 7.55. The number of rotatable bonds is 5. The summed E-state index contributed by atoms with van der Waals surface area (Å²) in [4.78, 5) is 32.5. The molecule has 0 aromatic carbocycles. The first-order valence-corrected chi connectivity index (χ1v) is 8.25. The van der Waals surface area contributed by atoms with Gasteiger partial charge in [0.15, 0.2) is 12.5 Å². The summed E-state index contributed by atoms with van der Waals surface area (Å²) >= 11 is 0. The van der Waals surface area contributed by atoms with Gasteiger partial charge in [0.25, 0.3) is 0 Å². The van der Waals surface area contributed by atoms with Gasteiger partial charge in [-0.25, -0.2) is 14.7 Å². The van der Waals surface area contributed by atoms with Gasteiger partial charge in [0.05, 0.1) is 11.3 Å². The van der Waals surface area contributed by atoms with Crippen molar-refractivity contribution in [1.29, 1.82) is 0 Å². The van der Waals surface area contributed by atoms with E-state index < -0.39 is 17.6 Å². The number of aldehydes is 1. The van der Waals surface area contributed by atoms with E-state index in [-0.39, 0.29) is 17.6 Å². The zero-order valence-electron chi connectivity index (χ0n) is 15.2. The lowest BCUT2D eigenvalue weighted by Crippen LogP contribution is -2.38. The molecule has 26 heavy (non-hydrogen) atoms. The van der Waals surface area contributed by atoms with Crippen LogP contribution in [0.3, 0.4) is 0 Å². The highest BCUT2D eigenvalue weighted by Gasteiger charge is 2.28. The topological polar surface area (TPSA) is 81.1 Å². The monoisotopic (exact) mass is 363 g/mol. The zero-order chi connectivity index (χ0) is 19.3. The summed E-state index contributed by atoms with van der Waals surface area (Å²) in [7, 11) is 0. The Hall–Kier alpha value is -2.61. The van der Waals surface area contributed by atoms with Gasteiger partial charge < -0.3 is 9.47 Å². The number of carbonyl (C=O) groups excluding carboxylic acids is 2. The van der Waals surface area contributed by atoms with E-state index in [1.165, 1.54) is 18.3 Å². The van der Waals surface area contributed by atoms with Crippen LogP contribution >= 0.6 is 0 Å². The number of aromatic nitrogens is 1. The molecular formula is C18H22FN3O4. The molecule has 2 rings (SSSR count). The lowest BCUT2D eigenvalue weighted by atomic mass is 10.2. The quantitative estimate of drug-likeness (QED) is 0.591. The molecule has 1 aliphatic rings. The van der Waals surface area contributed by atoms with Crippen molar-refractivity contribution in [2.24, 2.45) is 4.99 Å². The Morgan fingerprint density at radius 2 is 2.15 bits per heavy atom. The molecule has 140 valence electrons. The van der Waals surface area contributed by atoms with E-state index in [0.717, 1.165) is 4.90 Å². The molecule has 0 aliphatic carbocycles. The Kier molecular flexibility index (Phi) is 6.20. The highest BCUT2D eigenvalue weighted by atomic mass is 19.1. The van der Waals surface area contributed by atoms with Crippen molar-refractivity contribution in [1.82, 2.24) is 4.98 Å². The van der Waals surface area contributed by atoms with Crippen molar-refractivity contribution in [2.45, 2.75) is 45.9 Å². The van der Waals surface area contributed by atoms with E-state index in [1.807, 2.05) is 6.92 Å². The van der Waals surface area contributed by atoms with Gasteiger partial charge in [-0.2, -0.15) is 4.39 Å². The van der Waals surface area contributed by atoms with Crippen molar-refractivity contribution in [3.63, 3.8) is 0 Å². The molecule has 1 aromatic heterocycles. The highest BCUT2D eigenvalue weighted by molar-refractivity contribution is 6.00. The summed E-state index contributed by atoms with van der Waals surface area (Å²) in [5.41, 5.74) is -0.557. The second-order valence-electron chi connectivity index (χ2n) is 6.54. The Morgan fingerprint density at radius 1 is 1.42 bits per heavy atom. The molecule has 7 nitrogen and oxygen atoms in total. The maximum atomic E-state index is 13.9. The highest BCUT2D eigenvalue weighted by Crippen LogP contribution is 2.24. The van der Waals surface area contributed by atoms with Crippen LogP contribution in [0.5, 0.6) is 0 Å². The zero-order valence-corrected chi connectivity index (χ0v) is 15.2. The third-order valence-electron chi connectivity index (χ3n) is 3.31. The molecule has 8 heteroatoms. The van der Waals surface area contributed by atoms with Crippen LogP contribution in [0.15, 0.2) is 28.9 Å². The summed E-state index contributed by atoms with van der Waals surface area (Å²) in [5, 5.41) is 0. The van der Waals surface area contributed by atoms with E-state index >= 15 is 0 Å². The predicted molar refractivity (Wildman–Crippen MR) is 94.9 cm³/mol. The average molecular weight is 363 g/mol. The fraction of sp³-hybridized carbons (Fsp3) is 0.444. The van der Waals surface area contributed by atoms with Crippen LogP contribution in [0.4, 0.5) is 15.0 Å². The van der Waals surface area contributed by atoms with Gasteiger partial charge in [-0.05, 0) is 39.8 Å². The number of dihydropyridines is 1. The molecule has 1 atom stereocenters. The Labute approximate surface area is 151 Å². The Balaban J connectivity index is 2.37. The first kappa shape index (κ1) is 19.7. The van der Waals surface area contributed by atoms with E-state index in [2.05, 4.69) is 9.98 Å². The second kappa shape index (κ2) is 8.18. The number of anilines is 1. The maximum Gasteiger partial charge on any atom is 0.420 e. The third-order valence-corrected chi connectivity index (χ3v) is 3.31. The maximum absolute atomic E-state index is 13.9. The van der Waals surface area contributed by atoms with Gasteiger partial charge in [0.1, 0.15) is 11.4 Å². The molecule has 0 bridgehead atoms. The molecule has 1 unspecified atom stereocenters. The molecule has 0 saturated heterocycles. The number of amides is 1. The van der Waals surface area contributed by atoms with E-state index in [9.17, 15) is 14.0 Å². The number of hydrogen-bond donors (Lipinski definition) is 0. The van der Waals surface area contributed by atoms with Crippen molar-refractivity contribution >= 4 is 24.4 Å². The minimum absolute atomic E-state index is 0.00471. The van der Waals surface area contributed by atoms with Gasteiger partial charge in [-0.15, -0.1) is 0 Å². The van der Waals surface area contributed by atoms with Crippen LogP contribution in [-0.2, 0) is 9.47 Å². The van der Waals surface area contributed by atoms with Crippen molar-refractivity contribution in [3.05, 3.63) is 35.4 Å². The molecule has 0 fully saturated rings. The average Bonchev–Trinajstić information content (AvgIpc) is 2.55. The van der Waals surface area contributed by atoms with E-state index in [0.29, 0.717) is 25.0 Å². The van der Waals surface area contributed by atoms with Crippen LogP contribution in [0.1, 0.15) is 44.5 Å². The van der Waals surface area contributed by atoms with Gasteiger partial charge in [0.2, 0.25) is 5.95 Å². The van der Waals surface area contributed by atoms with Crippen molar-refractivity contribution < 1.29 is 23.5 Å². The number of ether oxygens (including phenoxy) is 2. The molecule has 0 N–H and O–H groups in total. The SMILES string of the molecule is CCOC1CC=C(N(C(=O)OC(C)(C)C)c2ccc(C=O)c(F)n2)C=N1. The molecule has 0 radical (unpaired) electrons. The lowest BCUT2D eigenvalue weighted by molar-refractivity contribution is 0.0587. The lowest BCUT2D eigenvalue weighted by Gasteiger charge is -2.28. The predicted octanol–water partition coefficient (Wildman–Crippen LogP) is 3.50. The number of nitrogens with zero attached hydrogens (tertiary/aromatic N) is 3. The Morgan fingerprint density at radius 3 is 2.65 bits per heavy atom. The molecule has 1 aromatic rings. The van der Waals surface area contributed by atoms with E-state index in [1.54, 1.807) is 26.8 Å². The molecule has 1 aliphatic heterocycles. The number of allylic oxidation sites excluding steroid dienone is 1.